The molecule has 0 aromatic carbocycles. The monoisotopic (exact) mass is 221 g/mol. The lowest BCUT2D eigenvalue weighted by atomic mass is 10.3. The second-order valence-electron chi connectivity index (χ2n) is 2.82. The molecular formula is C10H11N3O3. The molecular weight excluding hydrogens is 210 g/mol. The number of pyridine rings is 1. The quantitative estimate of drug-likeness (QED) is 0.322. The van der Waals surface area contributed by atoms with Crippen molar-refractivity contribution in [3.05, 3.63) is 24.5 Å². The minimum absolute atomic E-state index is 0.174. The number of hydrogen-bond donors (Lipinski definition) is 1. The van der Waals surface area contributed by atoms with Gasteiger partial charge in [0.2, 0.25) is 5.78 Å². The van der Waals surface area contributed by atoms with Crippen molar-refractivity contribution in [1.29, 1.82) is 0 Å². The van der Waals surface area contributed by atoms with Gasteiger partial charge in [-0.15, -0.1) is 0 Å². The number of anilines is 1. The van der Waals surface area contributed by atoms with Crippen LogP contribution >= 0.6 is 0 Å². The van der Waals surface area contributed by atoms with E-state index in [1.54, 1.807) is 18.3 Å². The van der Waals surface area contributed by atoms with E-state index >= 15 is 0 Å². The van der Waals surface area contributed by atoms with Crippen molar-refractivity contribution in [1.82, 2.24) is 4.98 Å². The van der Waals surface area contributed by atoms with Crippen molar-refractivity contribution in [2.45, 2.75) is 0 Å². The Morgan fingerprint density at radius 3 is 3.06 bits per heavy atom. The number of ether oxygens (including phenoxy) is 1. The van der Waals surface area contributed by atoms with Crippen molar-refractivity contribution in [2.75, 3.05) is 19.1 Å². The van der Waals surface area contributed by atoms with Crippen LogP contribution in [0, 0.1) is 0 Å². The minimum Gasteiger partial charge on any atom is -0.376 e. The Kier molecular flexibility index (Phi) is 4.81. The molecule has 1 N–H and O–H groups in total. The van der Waals surface area contributed by atoms with Crippen LogP contribution in [0.3, 0.4) is 0 Å². The highest BCUT2D eigenvalue weighted by molar-refractivity contribution is 6.60. The Labute approximate surface area is 92.3 Å². The molecule has 0 amide bonds. The maximum absolute atomic E-state index is 11.3. The van der Waals surface area contributed by atoms with E-state index in [9.17, 15) is 9.59 Å². The Bertz CT molecular complexity index is 390. The number of hydrazone groups is 1. The van der Waals surface area contributed by atoms with Crippen LogP contribution in [0.4, 0.5) is 5.69 Å². The first kappa shape index (κ1) is 12.0. The topological polar surface area (TPSA) is 80.7 Å². The summed E-state index contributed by atoms with van der Waals surface area (Å²) in [5.74, 6) is -0.478. The molecule has 0 fully saturated rings. The van der Waals surface area contributed by atoms with Gasteiger partial charge in [-0.2, -0.15) is 5.10 Å². The maximum atomic E-state index is 11.3. The number of carbonyl (C=O) groups excluding carboxylic acids is 2. The lowest BCUT2D eigenvalue weighted by Crippen LogP contribution is -2.21. The predicted octanol–water partition coefficient (Wildman–Crippen LogP) is 0.264. The third-order valence-electron chi connectivity index (χ3n) is 1.64. The number of nitrogens with one attached hydrogen (secondary N) is 1. The lowest BCUT2D eigenvalue weighted by Gasteiger charge is -2.00. The fourth-order valence-corrected chi connectivity index (χ4v) is 0.913. The van der Waals surface area contributed by atoms with Crippen LogP contribution in [0.2, 0.25) is 0 Å². The van der Waals surface area contributed by atoms with Gasteiger partial charge in [0, 0.05) is 13.3 Å². The van der Waals surface area contributed by atoms with Crippen molar-refractivity contribution in [3.63, 3.8) is 0 Å². The van der Waals surface area contributed by atoms with Gasteiger partial charge in [0.05, 0.1) is 11.9 Å². The van der Waals surface area contributed by atoms with Gasteiger partial charge >= 0.3 is 0 Å². The van der Waals surface area contributed by atoms with E-state index in [4.69, 9.17) is 0 Å². The van der Waals surface area contributed by atoms with Crippen LogP contribution in [0.1, 0.15) is 0 Å². The molecule has 0 unspecified atom stereocenters. The van der Waals surface area contributed by atoms with Crippen molar-refractivity contribution in [3.8, 4) is 0 Å². The van der Waals surface area contributed by atoms with Gasteiger partial charge in [0.15, 0.2) is 12.0 Å². The smallest absolute Gasteiger partial charge is 0.211 e. The van der Waals surface area contributed by atoms with Crippen LogP contribution in [0.25, 0.3) is 0 Å². The minimum atomic E-state index is -0.478. The van der Waals surface area contributed by atoms with Crippen LogP contribution in [0.5, 0.6) is 0 Å². The number of carbonyl (C=O) groups is 2. The number of ketones is 1. The van der Waals surface area contributed by atoms with Gasteiger partial charge < -0.3 is 4.74 Å². The summed E-state index contributed by atoms with van der Waals surface area (Å²) in [7, 11) is 1.37. The zero-order valence-corrected chi connectivity index (χ0v) is 8.71. The van der Waals surface area contributed by atoms with Gasteiger partial charge in [-0.25, -0.2) is 0 Å². The molecule has 1 rings (SSSR count). The van der Waals surface area contributed by atoms with E-state index in [1.165, 1.54) is 13.3 Å². The summed E-state index contributed by atoms with van der Waals surface area (Å²) in [5, 5.41) is 3.66. The molecule has 16 heavy (non-hydrogen) atoms. The molecule has 1 aromatic rings. The maximum Gasteiger partial charge on any atom is 0.211 e. The van der Waals surface area contributed by atoms with Gasteiger partial charge in [-0.1, -0.05) is 0 Å². The molecule has 0 atom stereocenters. The first-order chi connectivity index (χ1) is 7.77. The largest absolute Gasteiger partial charge is 0.376 e. The van der Waals surface area contributed by atoms with E-state index in [1.807, 2.05) is 0 Å². The lowest BCUT2D eigenvalue weighted by molar-refractivity contribution is -0.117. The number of Topliss-reactive ketones (excluding diaryl/α,β-unsaturated/α-hetero) is 1. The molecule has 0 spiro atoms. The Balaban J connectivity index is 2.67. The summed E-state index contributed by atoms with van der Waals surface area (Å²) in [6.07, 6.45) is 3.50. The first-order valence-electron chi connectivity index (χ1n) is 4.49. The van der Waals surface area contributed by atoms with Crippen molar-refractivity contribution < 1.29 is 14.3 Å². The van der Waals surface area contributed by atoms with Gasteiger partial charge in [-0.05, 0) is 12.1 Å². The van der Waals surface area contributed by atoms with Gasteiger partial charge in [0.25, 0.3) is 0 Å². The molecule has 6 heteroatoms. The second-order valence-corrected chi connectivity index (χ2v) is 2.82. The number of aldehydes is 1. The van der Waals surface area contributed by atoms with E-state index in [0.717, 1.165) is 0 Å². The average molecular weight is 221 g/mol. The molecule has 0 saturated heterocycles. The van der Waals surface area contributed by atoms with E-state index in [2.05, 4.69) is 20.2 Å². The Hall–Kier alpha value is -2.08. The Morgan fingerprint density at radius 2 is 2.50 bits per heavy atom. The SMILES string of the molecule is COCC(=O)/C(C=O)=N\Nc1cccnc1. The molecule has 1 aromatic heterocycles. The summed E-state index contributed by atoms with van der Waals surface area (Å²) >= 11 is 0. The fourth-order valence-electron chi connectivity index (χ4n) is 0.913. The van der Waals surface area contributed by atoms with E-state index < -0.39 is 5.78 Å². The molecule has 0 aliphatic rings. The molecule has 0 radical (unpaired) electrons. The number of hydrogen-bond acceptors (Lipinski definition) is 6. The summed E-state index contributed by atoms with van der Waals surface area (Å²) in [5.41, 5.74) is 2.93. The van der Waals surface area contributed by atoms with Crippen LogP contribution < -0.4 is 5.43 Å². The summed E-state index contributed by atoms with van der Waals surface area (Å²) in [6.45, 7) is -0.174. The second kappa shape index (κ2) is 6.41. The average Bonchev–Trinajstić information content (AvgIpc) is 2.31. The fraction of sp³-hybridized carbons (Fsp3) is 0.200. The Morgan fingerprint density at radius 1 is 1.69 bits per heavy atom. The zero-order chi connectivity index (χ0) is 11.8. The number of aromatic nitrogens is 1. The van der Waals surface area contributed by atoms with Crippen molar-refractivity contribution >= 4 is 23.5 Å². The van der Waals surface area contributed by atoms with Gasteiger partial charge in [0.1, 0.15) is 6.61 Å². The van der Waals surface area contributed by atoms with Crippen LogP contribution in [-0.2, 0) is 14.3 Å². The van der Waals surface area contributed by atoms with E-state index in [-0.39, 0.29) is 12.3 Å². The molecule has 0 aliphatic carbocycles. The molecule has 0 saturated carbocycles. The summed E-state index contributed by atoms with van der Waals surface area (Å²) < 4.78 is 4.61. The molecule has 0 aliphatic heterocycles. The zero-order valence-electron chi connectivity index (χ0n) is 8.71. The molecule has 6 nitrogen and oxygen atoms in total. The normalized spacial score (nSPS) is 10.9. The number of methoxy groups -OCH3 is 1. The highest BCUT2D eigenvalue weighted by atomic mass is 16.5. The summed E-state index contributed by atoms with van der Waals surface area (Å²) in [6, 6.07) is 3.41. The first-order valence-corrected chi connectivity index (χ1v) is 4.49. The molecule has 1 heterocycles. The molecule has 84 valence electrons. The molecule has 0 bridgehead atoms. The van der Waals surface area contributed by atoms with Gasteiger partial charge in [-0.3, -0.25) is 20.0 Å². The predicted molar refractivity (Wildman–Crippen MR) is 58.2 cm³/mol. The third-order valence-corrected chi connectivity index (χ3v) is 1.64. The summed E-state index contributed by atoms with van der Waals surface area (Å²) in [4.78, 5) is 25.7. The highest BCUT2D eigenvalue weighted by Crippen LogP contribution is 2.01. The van der Waals surface area contributed by atoms with E-state index in [0.29, 0.717) is 12.0 Å². The van der Waals surface area contributed by atoms with Crippen LogP contribution in [-0.4, -0.2) is 36.5 Å². The van der Waals surface area contributed by atoms with Crippen LogP contribution in [0.15, 0.2) is 29.6 Å². The number of rotatable bonds is 6. The number of nitrogens with zero attached hydrogens (tertiary/aromatic N) is 2. The third kappa shape index (κ3) is 3.58. The van der Waals surface area contributed by atoms with Crippen molar-refractivity contribution in [2.24, 2.45) is 5.10 Å². The highest BCUT2D eigenvalue weighted by Gasteiger charge is 2.09. The standard InChI is InChI=1S/C10H11N3O3/c1-16-7-10(15)9(6-14)13-12-8-3-2-4-11-5-8/h2-6,12H,7H2,1H3/b13-9-.